The number of furan rings is 1. The van der Waals surface area contributed by atoms with E-state index in [4.69, 9.17) is 13.9 Å². The van der Waals surface area contributed by atoms with E-state index in [0.717, 1.165) is 34.5 Å². The Hall–Kier alpha value is -2.30. The van der Waals surface area contributed by atoms with Crippen LogP contribution in [0.5, 0.6) is 0 Å². The summed E-state index contributed by atoms with van der Waals surface area (Å²) in [6, 6.07) is 1.94. The maximum Gasteiger partial charge on any atom is 0.323 e. The van der Waals surface area contributed by atoms with Gasteiger partial charge in [-0.25, -0.2) is 0 Å². The molecule has 0 aromatic carbocycles. The first-order valence-electron chi connectivity index (χ1n) is 7.60. The summed E-state index contributed by atoms with van der Waals surface area (Å²) in [5.74, 6) is -0.196. The van der Waals surface area contributed by atoms with Crippen molar-refractivity contribution in [1.82, 2.24) is 0 Å². The fourth-order valence-corrected chi connectivity index (χ4v) is 3.64. The van der Waals surface area contributed by atoms with Crippen molar-refractivity contribution in [2.24, 2.45) is 5.41 Å². The summed E-state index contributed by atoms with van der Waals surface area (Å²) >= 11 is 0. The van der Waals surface area contributed by atoms with Gasteiger partial charge in [-0.3, -0.25) is 9.59 Å². The molecule has 0 N–H and O–H groups in total. The van der Waals surface area contributed by atoms with Crippen LogP contribution in [0.3, 0.4) is 0 Å². The molecule has 0 unspecified atom stereocenters. The van der Waals surface area contributed by atoms with Crippen molar-refractivity contribution in [3.8, 4) is 0 Å². The van der Waals surface area contributed by atoms with Gasteiger partial charge >= 0.3 is 11.9 Å². The highest BCUT2D eigenvalue weighted by Gasteiger charge is 2.53. The first kappa shape index (κ1) is 15.6. The highest BCUT2D eigenvalue weighted by molar-refractivity contribution is 6.01. The standard InChI is InChI=1S/C18H20O5/c1-11-6-13-9-18(16(19)21-2,17(20)22-3)10-14(13)8-12-4-5-23-15(12)7-11/h4-5,7H,6,8-10H2,1-3H3/b11-7-. The maximum atomic E-state index is 12.3. The van der Waals surface area contributed by atoms with Crippen molar-refractivity contribution >= 4 is 18.0 Å². The van der Waals surface area contributed by atoms with Crippen LogP contribution in [0.25, 0.3) is 6.08 Å². The zero-order chi connectivity index (χ0) is 16.6. The number of hydrogen-bond acceptors (Lipinski definition) is 5. The maximum absolute atomic E-state index is 12.3. The third-order valence-corrected chi connectivity index (χ3v) is 4.74. The van der Waals surface area contributed by atoms with Gasteiger partial charge in [0.2, 0.25) is 0 Å². The van der Waals surface area contributed by atoms with Crippen molar-refractivity contribution < 1.29 is 23.5 Å². The smallest absolute Gasteiger partial charge is 0.323 e. The predicted octanol–water partition coefficient (Wildman–Crippen LogP) is 3.05. The van der Waals surface area contributed by atoms with Gasteiger partial charge in [-0.1, -0.05) is 16.7 Å². The van der Waals surface area contributed by atoms with E-state index in [1.165, 1.54) is 14.2 Å². The SMILES string of the molecule is COC(=O)C1(C(=O)OC)CC2=C(Cc3ccoc3/C=C(/C)C2)C1. The second kappa shape index (κ2) is 5.72. The average Bonchev–Trinajstić information content (AvgIpc) is 3.10. The summed E-state index contributed by atoms with van der Waals surface area (Å²) in [5, 5.41) is 0. The van der Waals surface area contributed by atoms with Crippen LogP contribution in [0, 0.1) is 5.41 Å². The zero-order valence-corrected chi connectivity index (χ0v) is 13.6. The summed E-state index contributed by atoms with van der Waals surface area (Å²) < 4.78 is 15.3. The van der Waals surface area contributed by atoms with Gasteiger partial charge in [-0.2, -0.15) is 0 Å². The summed E-state index contributed by atoms with van der Waals surface area (Å²) in [6.07, 6.45) is 5.81. The van der Waals surface area contributed by atoms with Gasteiger partial charge in [0, 0.05) is 5.56 Å². The molecule has 0 amide bonds. The molecule has 23 heavy (non-hydrogen) atoms. The monoisotopic (exact) mass is 316 g/mol. The molecule has 1 heterocycles. The molecular formula is C18H20O5. The lowest BCUT2D eigenvalue weighted by Crippen LogP contribution is -2.39. The Morgan fingerprint density at radius 2 is 1.70 bits per heavy atom. The number of carbonyl (C=O) groups is 2. The Labute approximate surface area is 134 Å². The van der Waals surface area contributed by atoms with E-state index in [9.17, 15) is 9.59 Å². The Morgan fingerprint density at radius 3 is 2.30 bits per heavy atom. The quantitative estimate of drug-likeness (QED) is 0.476. The molecule has 5 heteroatoms. The molecule has 0 fully saturated rings. The zero-order valence-electron chi connectivity index (χ0n) is 13.6. The third kappa shape index (κ3) is 2.50. The molecule has 1 aromatic heterocycles. The minimum atomic E-state index is -1.25. The second-order valence-corrected chi connectivity index (χ2v) is 6.28. The van der Waals surface area contributed by atoms with Crippen molar-refractivity contribution in [1.29, 1.82) is 0 Å². The van der Waals surface area contributed by atoms with Crippen molar-refractivity contribution in [3.05, 3.63) is 40.4 Å². The number of ether oxygens (including phenoxy) is 2. The van der Waals surface area contributed by atoms with E-state index in [1.54, 1.807) is 6.26 Å². The van der Waals surface area contributed by atoms with Crippen LogP contribution in [0.1, 0.15) is 37.5 Å². The molecule has 2 aliphatic rings. The van der Waals surface area contributed by atoms with Gasteiger partial charge in [0.05, 0.1) is 20.5 Å². The Balaban J connectivity index is 2.00. The lowest BCUT2D eigenvalue weighted by atomic mass is 9.83. The first-order valence-corrected chi connectivity index (χ1v) is 7.60. The molecular weight excluding hydrogens is 296 g/mol. The fraction of sp³-hybridized carbons (Fsp3) is 0.444. The van der Waals surface area contributed by atoms with Gasteiger partial charge in [0.15, 0.2) is 5.41 Å². The molecule has 1 aromatic rings. The van der Waals surface area contributed by atoms with Gasteiger partial charge in [0.1, 0.15) is 5.76 Å². The molecule has 3 rings (SSSR count). The number of rotatable bonds is 2. The average molecular weight is 316 g/mol. The van der Waals surface area contributed by atoms with Crippen molar-refractivity contribution in [2.75, 3.05) is 14.2 Å². The number of methoxy groups -OCH3 is 2. The summed E-state index contributed by atoms with van der Waals surface area (Å²) in [6.45, 7) is 2.03. The van der Waals surface area contributed by atoms with Crippen LogP contribution in [-0.2, 0) is 25.5 Å². The van der Waals surface area contributed by atoms with E-state index < -0.39 is 17.4 Å². The van der Waals surface area contributed by atoms with E-state index in [1.807, 2.05) is 19.1 Å². The Kier molecular flexibility index (Phi) is 3.88. The van der Waals surface area contributed by atoms with Crippen molar-refractivity contribution in [2.45, 2.75) is 32.6 Å². The van der Waals surface area contributed by atoms with Crippen molar-refractivity contribution in [3.63, 3.8) is 0 Å². The topological polar surface area (TPSA) is 65.7 Å². The third-order valence-electron chi connectivity index (χ3n) is 4.74. The molecule has 0 saturated carbocycles. The fourth-order valence-electron chi connectivity index (χ4n) is 3.64. The van der Waals surface area contributed by atoms with Crippen LogP contribution in [0.15, 0.2) is 33.5 Å². The Bertz CT molecular complexity index is 704. The largest absolute Gasteiger partial charge is 0.468 e. The summed E-state index contributed by atoms with van der Waals surface area (Å²) in [7, 11) is 2.62. The van der Waals surface area contributed by atoms with Gasteiger partial charge in [-0.05, 0) is 44.7 Å². The van der Waals surface area contributed by atoms with Gasteiger partial charge in [-0.15, -0.1) is 0 Å². The van der Waals surface area contributed by atoms with Crippen LogP contribution in [0.2, 0.25) is 0 Å². The Morgan fingerprint density at radius 1 is 1.09 bits per heavy atom. The molecule has 0 atom stereocenters. The molecule has 2 aliphatic carbocycles. The number of esters is 2. The van der Waals surface area contributed by atoms with E-state index in [0.29, 0.717) is 19.3 Å². The first-order chi connectivity index (χ1) is 11.0. The number of fused-ring (bicyclic) bond motifs is 1. The lowest BCUT2D eigenvalue weighted by molar-refractivity contribution is -0.168. The van der Waals surface area contributed by atoms with Crippen LogP contribution >= 0.6 is 0 Å². The second-order valence-electron chi connectivity index (χ2n) is 6.28. The molecule has 5 nitrogen and oxygen atoms in total. The van der Waals surface area contributed by atoms with E-state index >= 15 is 0 Å². The molecule has 0 spiro atoms. The summed E-state index contributed by atoms with van der Waals surface area (Å²) in [4.78, 5) is 24.7. The predicted molar refractivity (Wildman–Crippen MR) is 83.4 cm³/mol. The lowest BCUT2D eigenvalue weighted by Gasteiger charge is -2.23. The van der Waals surface area contributed by atoms with Crippen LogP contribution in [-0.4, -0.2) is 26.2 Å². The normalized spacial score (nSPS) is 21.4. The van der Waals surface area contributed by atoms with E-state index in [-0.39, 0.29) is 0 Å². The minimum absolute atomic E-state index is 0.347. The number of hydrogen-bond donors (Lipinski definition) is 0. The number of allylic oxidation sites excluding steroid dienone is 3. The molecule has 0 radical (unpaired) electrons. The highest BCUT2D eigenvalue weighted by Crippen LogP contribution is 2.48. The summed E-state index contributed by atoms with van der Waals surface area (Å²) in [5.41, 5.74) is 3.20. The van der Waals surface area contributed by atoms with E-state index in [2.05, 4.69) is 0 Å². The minimum Gasteiger partial charge on any atom is -0.468 e. The highest BCUT2D eigenvalue weighted by atomic mass is 16.5. The number of carbonyl (C=O) groups excluding carboxylic acids is 2. The molecule has 0 saturated heterocycles. The van der Waals surface area contributed by atoms with Crippen LogP contribution in [0.4, 0.5) is 0 Å². The molecule has 122 valence electrons. The molecule has 0 aliphatic heterocycles. The molecule has 0 bridgehead atoms. The van der Waals surface area contributed by atoms with Gasteiger partial charge in [0.25, 0.3) is 0 Å². The van der Waals surface area contributed by atoms with Gasteiger partial charge < -0.3 is 13.9 Å². The van der Waals surface area contributed by atoms with Crippen LogP contribution < -0.4 is 0 Å².